The molecule has 9 aromatic rings. The van der Waals surface area contributed by atoms with Gasteiger partial charge in [-0.05, 0) is 52.0 Å². The van der Waals surface area contributed by atoms with Crippen molar-refractivity contribution in [2.75, 3.05) is 0 Å². The molecule has 52 heavy (non-hydrogen) atoms. The monoisotopic (exact) mass is 875 g/mol. The number of nitrogens with zero attached hydrogens (tertiary/aromatic N) is 2. The zero-order valence-corrected chi connectivity index (χ0v) is 32.6. The van der Waals surface area contributed by atoms with Crippen LogP contribution < -0.4 is 5.19 Å². The van der Waals surface area contributed by atoms with Gasteiger partial charge in [-0.25, -0.2) is 4.39 Å². The molecule has 7 heteroatoms. The van der Waals surface area contributed by atoms with Crippen LogP contribution in [0.15, 0.2) is 143 Å². The number of fused-ring (bicyclic) bond motifs is 6. The SMILES string of the molecule is CC(c1ccccc1)c1ccnc(-c2[c-]ccc3c2oc2ccccc23)c1.C[Si](C)(C)c1ccc(-c2[c-]ccc3c2oc2cc(F)ccc23)nc1.[Ir]. The second-order valence-corrected chi connectivity index (χ2v) is 18.9. The van der Waals surface area contributed by atoms with Crippen LogP contribution in [0.5, 0.6) is 0 Å². The van der Waals surface area contributed by atoms with E-state index >= 15 is 0 Å². The summed E-state index contributed by atoms with van der Waals surface area (Å²) in [6.45, 7) is 9.11. The first-order chi connectivity index (χ1) is 24.7. The van der Waals surface area contributed by atoms with Crippen LogP contribution >= 0.6 is 0 Å². The Kier molecular flexibility index (Phi) is 9.77. The zero-order valence-electron chi connectivity index (χ0n) is 29.2. The molecule has 1 atom stereocenters. The molecule has 0 fully saturated rings. The number of pyridine rings is 2. The fourth-order valence-electron chi connectivity index (χ4n) is 6.56. The summed E-state index contributed by atoms with van der Waals surface area (Å²) in [4.78, 5) is 9.24. The minimum absolute atomic E-state index is 0. The maximum absolute atomic E-state index is 13.5. The second-order valence-electron chi connectivity index (χ2n) is 13.8. The standard InChI is InChI=1S/C25H18NO.C20H17FNOSi.Ir/c1-17(18-8-3-2-4-9-18)19-14-15-26-23(16-19)22-12-7-11-21-20-10-5-6-13-24(20)27-25(21)22;1-24(2,3)14-8-10-18(22-12-14)17-6-4-5-16-15-9-7-13(21)11-19(15)23-20(16)17;/h2-11,13-17H,1H3;4-5,7-12H,1-3H3;/q2*-1;. The summed E-state index contributed by atoms with van der Waals surface area (Å²) in [5, 5.41) is 5.39. The van der Waals surface area contributed by atoms with E-state index in [4.69, 9.17) is 8.83 Å². The molecule has 5 aromatic carbocycles. The van der Waals surface area contributed by atoms with Gasteiger partial charge in [-0.1, -0.05) is 115 Å². The number of rotatable bonds is 5. The van der Waals surface area contributed by atoms with Gasteiger partial charge in [0.25, 0.3) is 0 Å². The number of para-hydroxylation sites is 1. The Labute approximate surface area is 316 Å². The Hall–Kier alpha value is -5.20. The van der Waals surface area contributed by atoms with E-state index < -0.39 is 8.07 Å². The molecule has 0 saturated heterocycles. The summed E-state index contributed by atoms with van der Waals surface area (Å²) in [7, 11) is -1.38. The van der Waals surface area contributed by atoms with Crippen molar-refractivity contribution in [3.05, 3.63) is 163 Å². The largest absolute Gasteiger partial charge is 0.501 e. The van der Waals surface area contributed by atoms with E-state index in [0.717, 1.165) is 55.2 Å². The first-order valence-corrected chi connectivity index (χ1v) is 20.6. The molecule has 1 radical (unpaired) electrons. The number of halogens is 1. The normalized spacial score (nSPS) is 12.1. The van der Waals surface area contributed by atoms with Crippen molar-refractivity contribution in [2.45, 2.75) is 32.5 Å². The van der Waals surface area contributed by atoms with Crippen molar-refractivity contribution < 1.29 is 33.3 Å². The maximum atomic E-state index is 13.5. The topological polar surface area (TPSA) is 52.1 Å². The summed E-state index contributed by atoms with van der Waals surface area (Å²) in [6.07, 6.45) is 3.83. The first-order valence-electron chi connectivity index (χ1n) is 17.1. The van der Waals surface area contributed by atoms with E-state index in [9.17, 15) is 4.39 Å². The Bertz CT molecular complexity index is 2660. The smallest absolute Gasteiger partial charge is 0.126 e. The van der Waals surface area contributed by atoms with Gasteiger partial charge in [-0.3, -0.25) is 0 Å². The zero-order chi connectivity index (χ0) is 35.1. The van der Waals surface area contributed by atoms with Crippen molar-refractivity contribution >= 4 is 57.1 Å². The molecule has 0 spiro atoms. The minimum Gasteiger partial charge on any atom is -0.501 e. The van der Waals surface area contributed by atoms with Crippen LogP contribution in [0.25, 0.3) is 66.4 Å². The van der Waals surface area contributed by atoms with Crippen LogP contribution in [-0.2, 0) is 20.1 Å². The molecule has 0 N–H and O–H groups in total. The van der Waals surface area contributed by atoms with E-state index in [1.165, 1.54) is 28.4 Å². The Balaban J connectivity index is 0.000000160. The molecule has 0 amide bonds. The van der Waals surface area contributed by atoms with E-state index in [1.807, 2.05) is 60.9 Å². The molecule has 0 bridgehead atoms. The number of furan rings is 2. The van der Waals surface area contributed by atoms with Gasteiger partial charge in [-0.15, -0.1) is 36.4 Å². The Morgan fingerprint density at radius 2 is 1.27 bits per heavy atom. The van der Waals surface area contributed by atoms with Crippen LogP contribution in [0.1, 0.15) is 24.0 Å². The van der Waals surface area contributed by atoms with Crippen molar-refractivity contribution in [3.8, 4) is 22.5 Å². The van der Waals surface area contributed by atoms with Gasteiger partial charge in [0.1, 0.15) is 17.0 Å². The fraction of sp³-hybridized carbons (Fsp3) is 0.111. The van der Waals surface area contributed by atoms with E-state index in [-0.39, 0.29) is 25.9 Å². The van der Waals surface area contributed by atoms with Crippen molar-refractivity contribution in [2.24, 2.45) is 0 Å². The molecule has 0 aliphatic carbocycles. The van der Waals surface area contributed by atoms with Gasteiger partial charge in [0.05, 0.1) is 19.2 Å². The molecule has 0 saturated carbocycles. The van der Waals surface area contributed by atoms with Crippen LogP contribution in [0.3, 0.4) is 0 Å². The van der Waals surface area contributed by atoms with Crippen LogP contribution in [0, 0.1) is 17.9 Å². The predicted molar refractivity (Wildman–Crippen MR) is 208 cm³/mol. The fourth-order valence-corrected chi connectivity index (χ4v) is 7.59. The van der Waals surface area contributed by atoms with Gasteiger partial charge >= 0.3 is 0 Å². The number of hydrogen-bond acceptors (Lipinski definition) is 4. The molecule has 4 heterocycles. The van der Waals surface area contributed by atoms with Gasteiger partial charge in [0.2, 0.25) is 0 Å². The molecule has 9 rings (SSSR count). The van der Waals surface area contributed by atoms with Crippen LogP contribution in [0.4, 0.5) is 4.39 Å². The summed E-state index contributed by atoms with van der Waals surface area (Å²) in [5.74, 6) is -0.00692. The predicted octanol–water partition coefficient (Wildman–Crippen LogP) is 11.7. The molecule has 259 valence electrons. The third kappa shape index (κ3) is 6.75. The summed E-state index contributed by atoms with van der Waals surface area (Å²) in [5.41, 5.74) is 8.93. The molecule has 4 aromatic heterocycles. The Morgan fingerprint density at radius 3 is 1.96 bits per heavy atom. The van der Waals surface area contributed by atoms with Crippen molar-refractivity contribution in [3.63, 3.8) is 0 Å². The average molecular weight is 875 g/mol. The third-order valence-corrected chi connectivity index (χ3v) is 11.5. The van der Waals surface area contributed by atoms with Crippen molar-refractivity contribution in [1.82, 2.24) is 9.97 Å². The molecule has 0 aliphatic heterocycles. The number of benzene rings is 5. The van der Waals surface area contributed by atoms with Crippen molar-refractivity contribution in [1.29, 1.82) is 0 Å². The third-order valence-electron chi connectivity index (χ3n) is 9.46. The minimum atomic E-state index is -1.38. The van der Waals surface area contributed by atoms with Gasteiger partial charge < -0.3 is 18.8 Å². The van der Waals surface area contributed by atoms with Gasteiger partial charge in [0.15, 0.2) is 0 Å². The van der Waals surface area contributed by atoms with Gasteiger partial charge in [0, 0.05) is 55.3 Å². The molecule has 4 nitrogen and oxygen atoms in total. The maximum Gasteiger partial charge on any atom is 0.126 e. The number of hydrogen-bond donors (Lipinski definition) is 0. The van der Waals surface area contributed by atoms with Crippen LogP contribution in [-0.4, -0.2) is 18.0 Å². The van der Waals surface area contributed by atoms with E-state index in [0.29, 0.717) is 17.1 Å². The van der Waals surface area contributed by atoms with Crippen LogP contribution in [0.2, 0.25) is 19.6 Å². The van der Waals surface area contributed by atoms with Gasteiger partial charge in [-0.2, -0.15) is 0 Å². The summed E-state index contributed by atoms with van der Waals surface area (Å²) >= 11 is 0. The molecular weight excluding hydrogens is 840 g/mol. The number of aromatic nitrogens is 2. The Morgan fingerprint density at radius 1 is 0.615 bits per heavy atom. The first kappa shape index (κ1) is 35.2. The molecule has 1 unspecified atom stereocenters. The van der Waals surface area contributed by atoms with E-state index in [2.05, 4.69) is 103 Å². The quantitative estimate of drug-likeness (QED) is 0.128. The molecule has 0 aliphatic rings. The van der Waals surface area contributed by atoms with E-state index in [1.54, 1.807) is 6.07 Å². The summed E-state index contributed by atoms with van der Waals surface area (Å²) < 4.78 is 25.5. The summed E-state index contributed by atoms with van der Waals surface area (Å²) in [6, 6.07) is 46.1. The average Bonchev–Trinajstić information content (AvgIpc) is 3.73. The molecular formula is C45H35FIrN2O2Si-2. The second kappa shape index (κ2) is 14.4.